The Hall–Kier alpha value is -4.35. The lowest BCUT2D eigenvalue weighted by Gasteiger charge is -2.24. The molecule has 2 aromatic heterocycles. The number of nitrogens with zero attached hydrogens (tertiary/aromatic N) is 3. The van der Waals surface area contributed by atoms with Gasteiger partial charge in [0.1, 0.15) is 23.7 Å². The quantitative estimate of drug-likeness (QED) is 0.138. The summed E-state index contributed by atoms with van der Waals surface area (Å²) in [5.41, 5.74) is 5.74. The van der Waals surface area contributed by atoms with Crippen LogP contribution in [0.3, 0.4) is 0 Å². The van der Waals surface area contributed by atoms with Crippen LogP contribution in [0.25, 0.3) is 17.0 Å². The lowest BCUT2D eigenvalue weighted by atomic mass is 10.0. The number of para-hydroxylation sites is 1. The first-order valence-electron chi connectivity index (χ1n) is 13.5. The number of rotatable bonds is 11. The summed E-state index contributed by atoms with van der Waals surface area (Å²) in [5, 5.41) is 6.19. The number of anilines is 2. The minimum absolute atomic E-state index is 0.202. The van der Waals surface area contributed by atoms with Crippen molar-refractivity contribution in [1.82, 2.24) is 15.3 Å². The van der Waals surface area contributed by atoms with Crippen LogP contribution in [0.15, 0.2) is 66.9 Å². The highest BCUT2D eigenvalue weighted by atomic mass is 32.1. The molecule has 0 saturated heterocycles. The molecule has 2 N–H and O–H groups in total. The Morgan fingerprint density at radius 2 is 1.81 bits per heavy atom. The summed E-state index contributed by atoms with van der Waals surface area (Å²) in [6, 6.07) is 16.9. The van der Waals surface area contributed by atoms with Crippen molar-refractivity contribution in [2.45, 2.75) is 32.0 Å². The van der Waals surface area contributed by atoms with Gasteiger partial charge in [-0.15, -0.1) is 0 Å². The highest BCUT2D eigenvalue weighted by molar-refractivity contribution is 7.79. The van der Waals surface area contributed by atoms with Crippen molar-refractivity contribution in [1.29, 1.82) is 0 Å². The summed E-state index contributed by atoms with van der Waals surface area (Å²) in [7, 11) is 1.66. The summed E-state index contributed by atoms with van der Waals surface area (Å²) < 4.78 is 6.28. The Balaban J connectivity index is 1.44. The number of hydrogen-bond acceptors (Lipinski definition) is 8. The number of pyridine rings is 2. The predicted octanol–water partition coefficient (Wildman–Crippen LogP) is 5.13. The second-order valence-electron chi connectivity index (χ2n) is 9.75. The molecule has 0 radical (unpaired) electrons. The number of carbonyl (C=O) groups excluding carboxylic acids is 3. The maximum atomic E-state index is 13.1. The lowest BCUT2D eigenvalue weighted by Crippen LogP contribution is -2.38. The molecule has 0 bridgehead atoms. The molecule has 222 valence electrons. The minimum Gasteiger partial charge on any atom is -0.487 e. The zero-order valence-corrected chi connectivity index (χ0v) is 25.9. The number of amides is 3. The van der Waals surface area contributed by atoms with Gasteiger partial charge < -0.3 is 20.3 Å². The molecular weight excluding hydrogens is 583 g/mol. The van der Waals surface area contributed by atoms with Gasteiger partial charge in [0.25, 0.3) is 0 Å². The molecule has 3 amide bonds. The maximum Gasteiger partial charge on any atom is 0.246 e. The Bertz CT molecular complexity index is 1670. The van der Waals surface area contributed by atoms with E-state index >= 15 is 0 Å². The molecule has 0 fully saturated rings. The lowest BCUT2D eigenvalue weighted by molar-refractivity contribution is -0.122. The van der Waals surface area contributed by atoms with Crippen LogP contribution in [0.2, 0.25) is 0 Å². The number of fused-ring (bicyclic) bond motifs is 1. The number of carbonyl (C=O) groups is 3. The van der Waals surface area contributed by atoms with Crippen molar-refractivity contribution >= 4 is 71.5 Å². The van der Waals surface area contributed by atoms with Crippen LogP contribution < -0.4 is 20.3 Å². The average molecular weight is 616 g/mol. The molecule has 2 heterocycles. The molecule has 0 unspecified atom stereocenters. The molecule has 9 nitrogen and oxygen atoms in total. The van der Waals surface area contributed by atoms with Crippen molar-refractivity contribution in [3.8, 4) is 5.75 Å². The number of aromatic nitrogens is 2. The van der Waals surface area contributed by atoms with Crippen molar-refractivity contribution < 1.29 is 19.1 Å². The van der Waals surface area contributed by atoms with Gasteiger partial charge >= 0.3 is 0 Å². The molecule has 0 saturated carbocycles. The molecule has 2 aromatic carbocycles. The number of aryl methyl sites for hydroxylation is 1. The fourth-order valence-electron chi connectivity index (χ4n) is 4.44. The van der Waals surface area contributed by atoms with E-state index in [9.17, 15) is 14.4 Å². The van der Waals surface area contributed by atoms with E-state index in [2.05, 4.69) is 45.9 Å². The topological polar surface area (TPSA) is 114 Å². The number of benzene rings is 2. The van der Waals surface area contributed by atoms with E-state index in [1.54, 1.807) is 25.3 Å². The highest BCUT2D eigenvalue weighted by Gasteiger charge is 2.20. The van der Waals surface area contributed by atoms with Crippen LogP contribution in [0, 0.1) is 6.92 Å². The summed E-state index contributed by atoms with van der Waals surface area (Å²) in [4.78, 5) is 46.9. The molecule has 43 heavy (non-hydrogen) atoms. The van der Waals surface area contributed by atoms with E-state index in [1.165, 1.54) is 24.1 Å². The molecule has 11 heteroatoms. The van der Waals surface area contributed by atoms with Gasteiger partial charge in [0.2, 0.25) is 17.7 Å². The maximum absolute atomic E-state index is 13.1. The van der Waals surface area contributed by atoms with Crippen LogP contribution in [0.1, 0.15) is 34.9 Å². The molecule has 0 spiro atoms. The molecule has 0 aliphatic heterocycles. The normalized spacial score (nSPS) is 11.0. The smallest absolute Gasteiger partial charge is 0.246 e. The van der Waals surface area contributed by atoms with Gasteiger partial charge in [-0.1, -0.05) is 24.3 Å². The standard InChI is InChI=1S/C32H33N5O4S2/c1-20-7-10-23-5-4-6-28(32(23)35-20)41-17-25-24(18-42)11-12-27(26(25)19-43)37(3)31(40)16-34-30(39)14-9-22-8-13-29(33-15-22)36-21(2)38/h4-15,42-43H,16-19H2,1-3H3,(H,34,39)(H,33,36,38)/b14-9+. The molecule has 0 aliphatic rings. The molecule has 4 rings (SSSR count). The number of ether oxygens (including phenoxy) is 1. The first kappa shape index (κ1) is 31.6. The monoisotopic (exact) mass is 615 g/mol. The Morgan fingerprint density at radius 1 is 1.00 bits per heavy atom. The third-order valence-electron chi connectivity index (χ3n) is 6.69. The number of thiol groups is 2. The van der Waals surface area contributed by atoms with Crippen LogP contribution in [-0.4, -0.2) is 41.3 Å². The molecule has 4 aromatic rings. The largest absolute Gasteiger partial charge is 0.487 e. The summed E-state index contributed by atoms with van der Waals surface area (Å²) >= 11 is 9.10. The van der Waals surface area contributed by atoms with E-state index in [-0.39, 0.29) is 25.0 Å². The highest BCUT2D eigenvalue weighted by Crippen LogP contribution is 2.31. The summed E-state index contributed by atoms with van der Waals surface area (Å²) in [6.07, 6.45) is 4.42. The molecule has 0 atom stereocenters. The number of nitrogens with one attached hydrogen (secondary N) is 2. The fourth-order valence-corrected chi connectivity index (χ4v) is 5.09. The van der Waals surface area contributed by atoms with Crippen molar-refractivity contribution in [3.05, 3.63) is 94.8 Å². The van der Waals surface area contributed by atoms with Gasteiger partial charge in [0.05, 0.1) is 6.54 Å². The van der Waals surface area contributed by atoms with Crippen LogP contribution in [-0.2, 0) is 32.5 Å². The zero-order chi connectivity index (χ0) is 30.9. The van der Waals surface area contributed by atoms with E-state index in [0.717, 1.165) is 33.3 Å². The Morgan fingerprint density at radius 3 is 2.51 bits per heavy atom. The molecule has 0 aliphatic carbocycles. The van der Waals surface area contributed by atoms with Crippen molar-refractivity contribution in [2.24, 2.45) is 0 Å². The first-order chi connectivity index (χ1) is 20.7. The van der Waals surface area contributed by atoms with E-state index in [1.807, 2.05) is 49.4 Å². The van der Waals surface area contributed by atoms with Crippen LogP contribution in [0.5, 0.6) is 5.75 Å². The third-order valence-corrected chi connectivity index (χ3v) is 7.35. The SMILES string of the molecule is CC(=O)Nc1ccc(/C=C/C(=O)NCC(=O)N(C)c2ccc(CS)c(COc3cccc4ccc(C)nc34)c2CS)cn1. The van der Waals surface area contributed by atoms with Gasteiger partial charge in [-0.2, -0.15) is 25.3 Å². The summed E-state index contributed by atoms with van der Waals surface area (Å²) in [5.74, 6) is 0.984. The van der Waals surface area contributed by atoms with Gasteiger partial charge in [-0.3, -0.25) is 14.4 Å². The number of likely N-dealkylation sites (N-methyl/N-ethyl adjacent to an activating group) is 1. The van der Waals surface area contributed by atoms with Gasteiger partial charge in [-0.05, 0) is 65.6 Å². The number of hydrogen-bond donors (Lipinski definition) is 4. The fraction of sp³-hybridized carbons (Fsp3) is 0.219. The van der Waals surface area contributed by atoms with Crippen LogP contribution >= 0.6 is 25.3 Å². The van der Waals surface area contributed by atoms with E-state index in [0.29, 0.717) is 34.3 Å². The predicted molar refractivity (Wildman–Crippen MR) is 177 cm³/mol. The van der Waals surface area contributed by atoms with Crippen LogP contribution in [0.4, 0.5) is 11.5 Å². The van der Waals surface area contributed by atoms with E-state index in [4.69, 9.17) is 4.74 Å². The van der Waals surface area contributed by atoms with E-state index < -0.39 is 5.91 Å². The Labute approximate surface area is 261 Å². The third kappa shape index (κ3) is 8.14. The summed E-state index contributed by atoms with van der Waals surface area (Å²) in [6.45, 7) is 3.38. The second kappa shape index (κ2) is 14.7. The van der Waals surface area contributed by atoms with Gasteiger partial charge in [-0.25, -0.2) is 9.97 Å². The minimum atomic E-state index is -0.430. The van der Waals surface area contributed by atoms with Crippen molar-refractivity contribution in [2.75, 3.05) is 23.8 Å². The second-order valence-corrected chi connectivity index (χ2v) is 10.4. The molecular formula is C32H33N5O4S2. The van der Waals surface area contributed by atoms with Gasteiger partial charge in [0, 0.05) is 54.5 Å². The van der Waals surface area contributed by atoms with Crippen molar-refractivity contribution in [3.63, 3.8) is 0 Å². The average Bonchev–Trinajstić information content (AvgIpc) is 3.01. The van der Waals surface area contributed by atoms with Gasteiger partial charge in [0.15, 0.2) is 0 Å². The Kier molecular flexibility index (Phi) is 10.8. The zero-order valence-electron chi connectivity index (χ0n) is 24.1. The first-order valence-corrected chi connectivity index (χ1v) is 14.8.